The number of para-hydroxylation sites is 2. The van der Waals surface area contributed by atoms with Gasteiger partial charge < -0.3 is 8.83 Å². The molecule has 0 aliphatic rings. The molecule has 0 aliphatic heterocycles. The van der Waals surface area contributed by atoms with Crippen LogP contribution in [0.3, 0.4) is 0 Å². The predicted molar refractivity (Wildman–Crippen MR) is 187 cm³/mol. The fourth-order valence-corrected chi connectivity index (χ4v) is 6.91. The van der Waals surface area contributed by atoms with Crippen LogP contribution in [0.5, 0.6) is 0 Å². The smallest absolute Gasteiger partial charge is 0.136 e. The van der Waals surface area contributed by atoms with Gasteiger partial charge in [-0.15, -0.1) is 0 Å². The van der Waals surface area contributed by atoms with Crippen molar-refractivity contribution in [1.82, 2.24) is 0 Å². The summed E-state index contributed by atoms with van der Waals surface area (Å²) in [5, 5.41) is 14.4. The lowest BCUT2D eigenvalue weighted by Crippen LogP contribution is -1.91. The lowest BCUT2D eigenvalue weighted by Gasteiger charge is -2.16. The van der Waals surface area contributed by atoms with Gasteiger partial charge >= 0.3 is 0 Å². The highest BCUT2D eigenvalue weighted by Crippen LogP contribution is 2.44. The number of nitriles is 1. The molecule has 3 heteroatoms. The van der Waals surface area contributed by atoms with Crippen molar-refractivity contribution in [3.8, 4) is 50.6 Å². The van der Waals surface area contributed by atoms with Gasteiger partial charge in [-0.1, -0.05) is 103 Å². The molecule has 7 aromatic carbocycles. The number of hydrogen-bond donors (Lipinski definition) is 0. The van der Waals surface area contributed by atoms with Gasteiger partial charge in [0, 0.05) is 27.1 Å². The van der Waals surface area contributed by atoms with E-state index in [-0.39, 0.29) is 0 Å². The number of benzene rings is 7. The van der Waals surface area contributed by atoms with Crippen molar-refractivity contribution in [1.29, 1.82) is 5.26 Å². The highest BCUT2D eigenvalue weighted by Gasteiger charge is 2.19. The molecule has 0 radical (unpaired) electrons. The van der Waals surface area contributed by atoms with Crippen LogP contribution < -0.4 is 0 Å². The Kier molecular flexibility index (Phi) is 5.88. The molecule has 0 spiro atoms. The molecule has 0 atom stereocenters. The van der Waals surface area contributed by atoms with Crippen molar-refractivity contribution >= 4 is 43.9 Å². The molecule has 0 amide bonds. The van der Waals surface area contributed by atoms with Gasteiger partial charge in [0.15, 0.2) is 0 Å². The molecule has 0 saturated carbocycles. The minimum absolute atomic E-state index is 0.649. The predicted octanol–water partition coefficient (Wildman–Crippen LogP) is 12.0. The summed E-state index contributed by atoms with van der Waals surface area (Å²) in [6.07, 6.45) is 0. The van der Waals surface area contributed by atoms with Crippen LogP contribution in [-0.2, 0) is 0 Å². The molecule has 2 aromatic heterocycles. The topological polar surface area (TPSA) is 50.1 Å². The lowest BCUT2D eigenvalue weighted by molar-refractivity contribution is 0.668. The second-order valence-electron chi connectivity index (χ2n) is 11.6. The maximum absolute atomic E-state index is 9.99. The first-order valence-corrected chi connectivity index (χ1v) is 15.3. The molecule has 0 N–H and O–H groups in total. The van der Waals surface area contributed by atoms with Crippen molar-refractivity contribution in [3.63, 3.8) is 0 Å². The molecule has 214 valence electrons. The fraction of sp³-hybridized carbons (Fsp3) is 0. The van der Waals surface area contributed by atoms with Gasteiger partial charge in [0.25, 0.3) is 0 Å². The van der Waals surface area contributed by atoms with Crippen molar-refractivity contribution in [2.45, 2.75) is 0 Å². The van der Waals surface area contributed by atoms with Gasteiger partial charge in [-0.2, -0.15) is 5.26 Å². The Bertz CT molecular complexity index is 2530. The molecular weight excluding hydrogens is 562 g/mol. The van der Waals surface area contributed by atoms with E-state index in [0.29, 0.717) is 5.56 Å². The standard InChI is InChI=1S/C43H25NO2/c44-26-27-11-1-2-12-31(27)35-14-4-3-13-32(35)28-23-29(33-17-9-21-40-42(33)36-15-5-7-19-38(36)45-40)25-30(24-28)34-18-10-22-41-43(34)37-16-6-8-20-39(37)46-41/h1-25H. The van der Waals surface area contributed by atoms with Crippen LogP contribution in [0.4, 0.5) is 0 Å². The van der Waals surface area contributed by atoms with Gasteiger partial charge in [0.1, 0.15) is 22.3 Å². The first kappa shape index (κ1) is 26.1. The maximum atomic E-state index is 9.99. The van der Waals surface area contributed by atoms with E-state index in [0.717, 1.165) is 88.4 Å². The number of nitrogens with zero attached hydrogens (tertiary/aromatic N) is 1. The Labute approximate surface area is 265 Å². The summed E-state index contributed by atoms with van der Waals surface area (Å²) in [4.78, 5) is 0. The highest BCUT2D eigenvalue weighted by atomic mass is 16.3. The zero-order chi connectivity index (χ0) is 30.6. The number of furan rings is 2. The third kappa shape index (κ3) is 4.05. The Morgan fingerprint density at radius 3 is 1.35 bits per heavy atom. The summed E-state index contributed by atoms with van der Waals surface area (Å²) in [7, 11) is 0. The van der Waals surface area contributed by atoms with E-state index in [9.17, 15) is 5.26 Å². The van der Waals surface area contributed by atoms with Crippen LogP contribution in [0.1, 0.15) is 5.56 Å². The Morgan fingerprint density at radius 1 is 0.370 bits per heavy atom. The molecule has 0 aliphatic carbocycles. The summed E-state index contributed by atoms with van der Waals surface area (Å²) in [6, 6.07) is 54.4. The maximum Gasteiger partial charge on any atom is 0.136 e. The fourth-order valence-electron chi connectivity index (χ4n) is 6.91. The SMILES string of the molecule is N#Cc1ccccc1-c1ccccc1-c1cc(-c2cccc3oc4ccccc4c23)cc(-c2cccc3oc4ccccc4c23)c1. The Balaban J connectivity index is 1.37. The van der Waals surface area contributed by atoms with Crippen LogP contribution >= 0.6 is 0 Å². The molecule has 0 bridgehead atoms. The van der Waals surface area contributed by atoms with Gasteiger partial charge in [0.2, 0.25) is 0 Å². The second-order valence-corrected chi connectivity index (χ2v) is 11.6. The van der Waals surface area contributed by atoms with Crippen molar-refractivity contribution in [3.05, 3.63) is 157 Å². The molecule has 0 saturated heterocycles. The van der Waals surface area contributed by atoms with E-state index >= 15 is 0 Å². The molecule has 0 fully saturated rings. The Morgan fingerprint density at radius 2 is 0.783 bits per heavy atom. The van der Waals surface area contributed by atoms with E-state index < -0.39 is 0 Å². The van der Waals surface area contributed by atoms with Gasteiger partial charge in [-0.25, -0.2) is 0 Å². The summed E-state index contributed by atoms with van der Waals surface area (Å²) in [5.74, 6) is 0. The minimum Gasteiger partial charge on any atom is -0.456 e. The van der Waals surface area contributed by atoms with Crippen molar-refractivity contribution in [2.24, 2.45) is 0 Å². The monoisotopic (exact) mass is 587 g/mol. The minimum atomic E-state index is 0.649. The largest absolute Gasteiger partial charge is 0.456 e. The van der Waals surface area contributed by atoms with Gasteiger partial charge in [0.05, 0.1) is 11.6 Å². The number of hydrogen-bond acceptors (Lipinski definition) is 3. The second kappa shape index (κ2) is 10.4. The van der Waals surface area contributed by atoms with E-state index in [4.69, 9.17) is 8.83 Å². The molecule has 46 heavy (non-hydrogen) atoms. The summed E-state index contributed by atoms with van der Waals surface area (Å²) in [5.41, 5.74) is 12.5. The average Bonchev–Trinajstić information content (AvgIpc) is 3.70. The molecule has 3 nitrogen and oxygen atoms in total. The first-order chi connectivity index (χ1) is 22.8. The van der Waals surface area contributed by atoms with E-state index in [2.05, 4.69) is 91.0 Å². The summed E-state index contributed by atoms with van der Waals surface area (Å²) >= 11 is 0. The van der Waals surface area contributed by atoms with Gasteiger partial charge in [-0.3, -0.25) is 0 Å². The normalized spacial score (nSPS) is 11.5. The van der Waals surface area contributed by atoms with Crippen LogP contribution in [0.25, 0.3) is 88.4 Å². The third-order valence-corrected chi connectivity index (χ3v) is 8.94. The first-order valence-electron chi connectivity index (χ1n) is 15.3. The zero-order valence-corrected chi connectivity index (χ0v) is 24.7. The quantitative estimate of drug-likeness (QED) is 0.206. The summed E-state index contributed by atoms with van der Waals surface area (Å²) < 4.78 is 12.6. The van der Waals surface area contributed by atoms with Crippen LogP contribution in [0.15, 0.2) is 160 Å². The van der Waals surface area contributed by atoms with Crippen molar-refractivity contribution in [2.75, 3.05) is 0 Å². The highest BCUT2D eigenvalue weighted by molar-refractivity contribution is 6.15. The van der Waals surface area contributed by atoms with Crippen LogP contribution in [0, 0.1) is 11.3 Å². The summed E-state index contributed by atoms with van der Waals surface area (Å²) in [6.45, 7) is 0. The van der Waals surface area contributed by atoms with Crippen molar-refractivity contribution < 1.29 is 8.83 Å². The molecule has 9 rings (SSSR count). The van der Waals surface area contributed by atoms with Crippen LogP contribution in [-0.4, -0.2) is 0 Å². The average molecular weight is 588 g/mol. The third-order valence-electron chi connectivity index (χ3n) is 8.94. The molecular formula is C43H25NO2. The van der Waals surface area contributed by atoms with E-state index in [1.807, 2.05) is 66.7 Å². The molecule has 2 heterocycles. The Hall–Kier alpha value is -6.37. The lowest BCUT2D eigenvalue weighted by atomic mass is 9.87. The molecule has 0 unspecified atom stereocenters. The zero-order valence-electron chi connectivity index (χ0n) is 24.7. The van der Waals surface area contributed by atoms with E-state index in [1.165, 1.54) is 0 Å². The molecule has 9 aromatic rings. The van der Waals surface area contributed by atoms with Gasteiger partial charge in [-0.05, 0) is 87.5 Å². The number of fused-ring (bicyclic) bond motifs is 6. The van der Waals surface area contributed by atoms with Crippen LogP contribution in [0.2, 0.25) is 0 Å². The number of rotatable bonds is 4. The van der Waals surface area contributed by atoms with E-state index in [1.54, 1.807) is 0 Å².